The fourth-order valence-electron chi connectivity index (χ4n) is 0.975. The first kappa shape index (κ1) is 9.44. The second kappa shape index (κ2) is 3.38. The molecule has 1 heterocycles. The van der Waals surface area contributed by atoms with Crippen molar-refractivity contribution in [2.75, 3.05) is 19.9 Å². The van der Waals surface area contributed by atoms with E-state index in [0.717, 1.165) is 13.2 Å². The molecule has 0 aliphatic carbocycles. The second-order valence-electron chi connectivity index (χ2n) is 4.09. The molecule has 0 aromatic heterocycles. The average Bonchev–Trinajstić information content (AvgIpc) is 1.86. The quantitative estimate of drug-likeness (QED) is 0.528. The lowest BCUT2D eigenvalue weighted by Crippen LogP contribution is -2.31. The van der Waals surface area contributed by atoms with Gasteiger partial charge in [-0.2, -0.15) is 0 Å². The largest absolute Gasteiger partial charge is 0.334 e. The van der Waals surface area contributed by atoms with Crippen LogP contribution < -0.4 is 0 Å². The maximum atomic E-state index is 5.46. The van der Waals surface area contributed by atoms with Crippen LogP contribution in [0.4, 0.5) is 0 Å². The minimum absolute atomic E-state index is 0.316. The Morgan fingerprint density at radius 2 is 1.64 bits per heavy atom. The molecular formula is C8H17O2P. The van der Waals surface area contributed by atoms with Crippen LogP contribution in [0.1, 0.15) is 20.8 Å². The van der Waals surface area contributed by atoms with Crippen molar-refractivity contribution in [3.8, 4) is 0 Å². The van der Waals surface area contributed by atoms with Gasteiger partial charge in [0, 0.05) is 12.6 Å². The first-order valence-corrected chi connectivity index (χ1v) is 5.62. The summed E-state index contributed by atoms with van der Waals surface area (Å²) in [5, 5.41) is 0. The molecule has 1 fully saturated rings. The van der Waals surface area contributed by atoms with Crippen molar-refractivity contribution in [3.05, 3.63) is 0 Å². The van der Waals surface area contributed by atoms with E-state index in [1.807, 2.05) is 6.66 Å². The van der Waals surface area contributed by atoms with Crippen LogP contribution >= 0.6 is 8.38 Å². The van der Waals surface area contributed by atoms with Crippen molar-refractivity contribution in [2.45, 2.75) is 20.8 Å². The van der Waals surface area contributed by atoms with Crippen LogP contribution in [0.25, 0.3) is 0 Å². The molecule has 1 aliphatic heterocycles. The molecule has 0 bridgehead atoms. The molecule has 0 amide bonds. The zero-order chi connectivity index (χ0) is 8.48. The third-order valence-corrected chi connectivity index (χ3v) is 3.17. The summed E-state index contributed by atoms with van der Waals surface area (Å²) < 4.78 is 10.9. The number of hydrogen-bond donors (Lipinski definition) is 0. The molecule has 0 saturated carbocycles. The van der Waals surface area contributed by atoms with Crippen LogP contribution in [0, 0.1) is 11.3 Å². The van der Waals surface area contributed by atoms with E-state index in [0.29, 0.717) is 11.3 Å². The summed E-state index contributed by atoms with van der Waals surface area (Å²) in [6.07, 6.45) is 0. The summed E-state index contributed by atoms with van der Waals surface area (Å²) >= 11 is 0. The Morgan fingerprint density at radius 1 is 1.18 bits per heavy atom. The molecule has 1 saturated heterocycles. The molecule has 2 nitrogen and oxygen atoms in total. The fraction of sp³-hybridized carbons (Fsp3) is 1.00. The molecule has 1 rings (SSSR count). The molecule has 3 heteroatoms. The minimum atomic E-state index is -0.565. The van der Waals surface area contributed by atoms with E-state index in [1.54, 1.807) is 0 Å². The third-order valence-electron chi connectivity index (χ3n) is 2.14. The van der Waals surface area contributed by atoms with E-state index in [2.05, 4.69) is 20.8 Å². The van der Waals surface area contributed by atoms with E-state index in [1.165, 1.54) is 0 Å². The topological polar surface area (TPSA) is 18.5 Å². The standard InChI is InChI=1S/C8H17O2P/c1-8(2,3)7-5-9-11(4)10-6-7/h7H,5-6H2,1-4H3. The first-order valence-electron chi connectivity index (χ1n) is 3.99. The van der Waals surface area contributed by atoms with E-state index < -0.39 is 8.38 Å². The lowest BCUT2D eigenvalue weighted by Gasteiger charge is -2.35. The average molecular weight is 176 g/mol. The Morgan fingerprint density at radius 3 is 2.00 bits per heavy atom. The molecule has 0 aromatic rings. The monoisotopic (exact) mass is 176 g/mol. The summed E-state index contributed by atoms with van der Waals surface area (Å²) in [6, 6.07) is 0. The van der Waals surface area contributed by atoms with Gasteiger partial charge in [-0.3, -0.25) is 0 Å². The maximum Gasteiger partial charge on any atom is 0.167 e. The van der Waals surface area contributed by atoms with Gasteiger partial charge >= 0.3 is 0 Å². The highest BCUT2D eigenvalue weighted by Crippen LogP contribution is 2.42. The molecule has 0 aromatic carbocycles. The van der Waals surface area contributed by atoms with Crippen molar-refractivity contribution < 1.29 is 9.05 Å². The van der Waals surface area contributed by atoms with Gasteiger partial charge in [0.2, 0.25) is 0 Å². The van der Waals surface area contributed by atoms with Crippen molar-refractivity contribution >= 4 is 8.38 Å². The minimum Gasteiger partial charge on any atom is -0.334 e. The van der Waals surface area contributed by atoms with Crippen molar-refractivity contribution in [1.29, 1.82) is 0 Å². The highest BCUT2D eigenvalue weighted by molar-refractivity contribution is 7.46. The smallest absolute Gasteiger partial charge is 0.167 e. The van der Waals surface area contributed by atoms with Gasteiger partial charge < -0.3 is 9.05 Å². The van der Waals surface area contributed by atoms with Crippen LogP contribution in [-0.2, 0) is 9.05 Å². The summed E-state index contributed by atoms with van der Waals surface area (Å²) in [6.45, 7) is 10.4. The molecule has 66 valence electrons. The normalized spacial score (nSPS) is 33.8. The highest BCUT2D eigenvalue weighted by atomic mass is 31.2. The van der Waals surface area contributed by atoms with Gasteiger partial charge in [0.15, 0.2) is 8.38 Å². The van der Waals surface area contributed by atoms with E-state index in [9.17, 15) is 0 Å². The van der Waals surface area contributed by atoms with Crippen LogP contribution in [0.2, 0.25) is 0 Å². The Labute approximate surface area is 70.2 Å². The maximum absolute atomic E-state index is 5.46. The van der Waals surface area contributed by atoms with Crippen LogP contribution in [-0.4, -0.2) is 19.9 Å². The zero-order valence-electron chi connectivity index (χ0n) is 7.76. The van der Waals surface area contributed by atoms with Crippen LogP contribution in [0.5, 0.6) is 0 Å². The molecular weight excluding hydrogens is 159 g/mol. The number of hydrogen-bond acceptors (Lipinski definition) is 2. The SMILES string of the molecule is CP1OCC(C(C)(C)C)CO1. The van der Waals surface area contributed by atoms with Gasteiger partial charge in [-0.1, -0.05) is 20.8 Å². The van der Waals surface area contributed by atoms with Gasteiger partial charge in [0.1, 0.15) is 0 Å². The molecule has 0 spiro atoms. The van der Waals surface area contributed by atoms with Crippen molar-refractivity contribution in [2.24, 2.45) is 11.3 Å². The highest BCUT2D eigenvalue weighted by Gasteiger charge is 2.29. The van der Waals surface area contributed by atoms with Gasteiger partial charge in [-0.25, -0.2) is 0 Å². The van der Waals surface area contributed by atoms with Crippen LogP contribution in [0.3, 0.4) is 0 Å². The summed E-state index contributed by atoms with van der Waals surface area (Å²) in [5.41, 5.74) is 0.316. The molecule has 0 radical (unpaired) electrons. The lowest BCUT2D eigenvalue weighted by molar-refractivity contribution is 0.0542. The van der Waals surface area contributed by atoms with Crippen molar-refractivity contribution in [3.63, 3.8) is 0 Å². The molecule has 1 aliphatic rings. The van der Waals surface area contributed by atoms with Crippen molar-refractivity contribution in [1.82, 2.24) is 0 Å². The van der Waals surface area contributed by atoms with Crippen LogP contribution in [0.15, 0.2) is 0 Å². The Balaban J connectivity index is 2.39. The van der Waals surface area contributed by atoms with Gasteiger partial charge in [-0.15, -0.1) is 0 Å². The zero-order valence-corrected chi connectivity index (χ0v) is 8.65. The fourth-order valence-corrected chi connectivity index (χ4v) is 1.83. The second-order valence-corrected chi connectivity index (χ2v) is 5.49. The third kappa shape index (κ3) is 2.70. The predicted octanol–water partition coefficient (Wildman–Crippen LogP) is 2.64. The Kier molecular flexibility index (Phi) is 2.90. The van der Waals surface area contributed by atoms with E-state index in [4.69, 9.17) is 9.05 Å². The summed E-state index contributed by atoms with van der Waals surface area (Å²) in [4.78, 5) is 0. The molecule has 0 atom stereocenters. The number of rotatable bonds is 0. The van der Waals surface area contributed by atoms with E-state index in [-0.39, 0.29) is 0 Å². The molecule has 0 unspecified atom stereocenters. The Bertz CT molecular complexity index is 123. The summed E-state index contributed by atoms with van der Waals surface area (Å²) in [7, 11) is -0.565. The Hall–Kier alpha value is 0.350. The summed E-state index contributed by atoms with van der Waals surface area (Å²) in [5.74, 6) is 0.557. The predicted molar refractivity (Wildman–Crippen MR) is 47.7 cm³/mol. The first-order chi connectivity index (χ1) is 5.00. The lowest BCUT2D eigenvalue weighted by atomic mass is 9.82. The van der Waals surface area contributed by atoms with Gasteiger partial charge in [0.05, 0.1) is 13.2 Å². The van der Waals surface area contributed by atoms with Gasteiger partial charge in [0.25, 0.3) is 0 Å². The van der Waals surface area contributed by atoms with E-state index >= 15 is 0 Å². The molecule has 11 heavy (non-hydrogen) atoms. The molecule has 0 N–H and O–H groups in total. The van der Waals surface area contributed by atoms with Gasteiger partial charge in [-0.05, 0) is 5.41 Å².